The summed E-state index contributed by atoms with van der Waals surface area (Å²) in [6.07, 6.45) is 1.96. The number of carbonyl (C=O) groups is 2. The normalized spacial score (nSPS) is 11.6. The third kappa shape index (κ3) is 6.93. The van der Waals surface area contributed by atoms with Gasteiger partial charge in [0.15, 0.2) is 0 Å². The first-order chi connectivity index (χ1) is 15.3. The molecule has 0 aliphatic heterocycles. The minimum Gasteiger partial charge on any atom is -0.354 e. The van der Waals surface area contributed by atoms with E-state index in [4.69, 9.17) is 23.2 Å². The first-order valence-corrected chi connectivity index (χ1v) is 11.3. The Balaban J connectivity index is 2.35. The van der Waals surface area contributed by atoms with E-state index in [2.05, 4.69) is 5.32 Å². The van der Waals surface area contributed by atoms with Gasteiger partial charge in [-0.25, -0.2) is 0 Å². The van der Waals surface area contributed by atoms with E-state index in [9.17, 15) is 19.7 Å². The third-order valence-corrected chi connectivity index (χ3v) is 5.82. The molecule has 0 unspecified atom stereocenters. The van der Waals surface area contributed by atoms with E-state index in [-0.39, 0.29) is 30.5 Å². The van der Waals surface area contributed by atoms with Crippen LogP contribution in [0.25, 0.3) is 0 Å². The van der Waals surface area contributed by atoms with Gasteiger partial charge in [-0.05, 0) is 30.5 Å². The molecule has 0 saturated carbocycles. The Kier molecular flexibility index (Phi) is 9.94. The maximum atomic E-state index is 13.3. The second kappa shape index (κ2) is 12.4. The quantitative estimate of drug-likeness (QED) is 0.273. The molecule has 9 heteroatoms. The van der Waals surface area contributed by atoms with Crippen LogP contribution in [0.1, 0.15) is 44.2 Å². The van der Waals surface area contributed by atoms with Gasteiger partial charge in [-0.2, -0.15) is 0 Å². The predicted octanol–water partition coefficient (Wildman–Crippen LogP) is 5.17. The Labute approximate surface area is 197 Å². The summed E-state index contributed by atoms with van der Waals surface area (Å²) in [5, 5.41) is 15.0. The molecule has 2 rings (SSSR count). The van der Waals surface area contributed by atoms with Crippen LogP contribution in [-0.2, 0) is 22.6 Å². The third-order valence-electron chi connectivity index (χ3n) is 5.08. The molecule has 1 N–H and O–H groups in total. The van der Waals surface area contributed by atoms with Crippen LogP contribution < -0.4 is 5.32 Å². The molecule has 2 amide bonds. The second-order valence-electron chi connectivity index (χ2n) is 7.40. The number of rotatable bonds is 11. The van der Waals surface area contributed by atoms with Crippen LogP contribution in [0, 0.1) is 10.1 Å². The summed E-state index contributed by atoms with van der Waals surface area (Å²) in [6.45, 7) is 4.49. The summed E-state index contributed by atoms with van der Waals surface area (Å²) in [4.78, 5) is 38.5. The van der Waals surface area contributed by atoms with Crippen LogP contribution in [0.5, 0.6) is 0 Å². The summed E-state index contributed by atoms with van der Waals surface area (Å²) >= 11 is 12.1. The van der Waals surface area contributed by atoms with Crippen molar-refractivity contribution < 1.29 is 14.5 Å². The van der Waals surface area contributed by atoms with Crippen molar-refractivity contribution in [1.82, 2.24) is 10.2 Å². The van der Waals surface area contributed by atoms with Gasteiger partial charge in [0.1, 0.15) is 6.04 Å². The first-order valence-electron chi connectivity index (χ1n) is 10.5. The van der Waals surface area contributed by atoms with Crippen molar-refractivity contribution >= 4 is 40.7 Å². The molecule has 0 aliphatic carbocycles. The number of amides is 2. The molecule has 0 spiro atoms. The molecule has 0 heterocycles. The molecule has 0 saturated heterocycles. The molecule has 2 aromatic rings. The number of hydrogen-bond donors (Lipinski definition) is 1. The van der Waals surface area contributed by atoms with Crippen LogP contribution in [0.2, 0.25) is 10.0 Å². The minimum atomic E-state index is -0.725. The number of nitro groups is 1. The van der Waals surface area contributed by atoms with Gasteiger partial charge in [0.25, 0.3) is 5.69 Å². The van der Waals surface area contributed by atoms with Gasteiger partial charge >= 0.3 is 0 Å². The van der Waals surface area contributed by atoms with Crippen molar-refractivity contribution in [3.63, 3.8) is 0 Å². The number of nitrogens with one attached hydrogen (secondary N) is 1. The van der Waals surface area contributed by atoms with E-state index in [1.165, 1.54) is 11.0 Å². The van der Waals surface area contributed by atoms with E-state index < -0.39 is 11.0 Å². The highest BCUT2D eigenvalue weighted by atomic mass is 35.5. The van der Waals surface area contributed by atoms with Crippen LogP contribution in [0.3, 0.4) is 0 Å². The highest BCUT2D eigenvalue weighted by Crippen LogP contribution is 2.25. The van der Waals surface area contributed by atoms with Gasteiger partial charge in [-0.1, -0.05) is 67.7 Å². The average Bonchev–Trinajstić information content (AvgIpc) is 2.76. The Hall–Kier alpha value is -2.64. The summed E-state index contributed by atoms with van der Waals surface area (Å²) in [5.74, 6) is -0.639. The van der Waals surface area contributed by atoms with Gasteiger partial charge in [0.2, 0.25) is 11.8 Å². The molecule has 0 bridgehead atoms. The van der Waals surface area contributed by atoms with E-state index in [1.807, 2.05) is 13.8 Å². The molecule has 172 valence electrons. The van der Waals surface area contributed by atoms with Crippen molar-refractivity contribution in [3.05, 3.63) is 73.8 Å². The lowest BCUT2D eigenvalue weighted by molar-refractivity contribution is -0.385. The maximum absolute atomic E-state index is 13.3. The molecule has 7 nitrogen and oxygen atoms in total. The summed E-state index contributed by atoms with van der Waals surface area (Å²) in [7, 11) is 0. The lowest BCUT2D eigenvalue weighted by Gasteiger charge is -2.31. The number of benzene rings is 2. The van der Waals surface area contributed by atoms with E-state index >= 15 is 0 Å². The van der Waals surface area contributed by atoms with Crippen molar-refractivity contribution in [1.29, 1.82) is 0 Å². The second-order valence-corrected chi connectivity index (χ2v) is 8.22. The zero-order chi connectivity index (χ0) is 23.7. The van der Waals surface area contributed by atoms with Crippen LogP contribution in [-0.4, -0.2) is 34.2 Å². The number of nitro benzene ring substituents is 1. The number of unbranched alkanes of at least 4 members (excludes halogenated alkanes) is 1. The molecule has 0 aromatic heterocycles. The highest BCUT2D eigenvalue weighted by molar-refractivity contribution is 6.42. The monoisotopic (exact) mass is 479 g/mol. The number of halogens is 2. The first kappa shape index (κ1) is 25.6. The summed E-state index contributed by atoms with van der Waals surface area (Å²) < 4.78 is 0. The van der Waals surface area contributed by atoms with Crippen molar-refractivity contribution in [2.45, 2.75) is 52.1 Å². The zero-order valence-corrected chi connectivity index (χ0v) is 19.7. The van der Waals surface area contributed by atoms with Crippen LogP contribution in [0.4, 0.5) is 5.69 Å². The molecule has 1 atom stereocenters. The van der Waals surface area contributed by atoms with Gasteiger partial charge < -0.3 is 10.2 Å². The van der Waals surface area contributed by atoms with Gasteiger partial charge in [-0.3, -0.25) is 19.7 Å². The summed E-state index contributed by atoms with van der Waals surface area (Å²) in [6, 6.07) is 10.4. The Morgan fingerprint density at radius 1 is 1.12 bits per heavy atom. The molecule has 0 fully saturated rings. The minimum absolute atomic E-state index is 0.121. The van der Waals surface area contributed by atoms with E-state index in [1.54, 1.807) is 36.4 Å². The zero-order valence-electron chi connectivity index (χ0n) is 18.1. The van der Waals surface area contributed by atoms with Gasteiger partial charge in [0, 0.05) is 24.7 Å². The van der Waals surface area contributed by atoms with E-state index in [0.717, 1.165) is 12.8 Å². The van der Waals surface area contributed by atoms with Crippen molar-refractivity contribution in [3.8, 4) is 0 Å². The maximum Gasteiger partial charge on any atom is 0.273 e. The number of nitrogens with zero attached hydrogens (tertiary/aromatic N) is 2. The average molecular weight is 480 g/mol. The Bertz CT molecular complexity index is 968. The fourth-order valence-corrected chi connectivity index (χ4v) is 3.68. The van der Waals surface area contributed by atoms with Crippen molar-refractivity contribution in [2.24, 2.45) is 0 Å². The smallest absolute Gasteiger partial charge is 0.273 e. The van der Waals surface area contributed by atoms with Gasteiger partial charge in [-0.15, -0.1) is 0 Å². The number of carbonyl (C=O) groups excluding carboxylic acids is 2. The van der Waals surface area contributed by atoms with Gasteiger partial charge in [0.05, 0.1) is 21.4 Å². The molecule has 2 aromatic carbocycles. The lowest BCUT2D eigenvalue weighted by atomic mass is 10.1. The molecular formula is C23H27Cl2N3O4. The Morgan fingerprint density at radius 3 is 2.47 bits per heavy atom. The summed E-state index contributed by atoms with van der Waals surface area (Å²) in [5.41, 5.74) is 0.869. The SMILES string of the molecule is CCCCNC(=O)[C@H](CC)N(Cc1ccc(Cl)c(Cl)c1)C(=O)Cc1ccccc1[N+](=O)[O-]. The number of para-hydroxylation sites is 1. The molecule has 0 radical (unpaired) electrons. The fourth-order valence-electron chi connectivity index (χ4n) is 3.36. The molecular weight excluding hydrogens is 453 g/mol. The predicted molar refractivity (Wildman–Crippen MR) is 126 cm³/mol. The van der Waals surface area contributed by atoms with Crippen LogP contribution in [0.15, 0.2) is 42.5 Å². The highest BCUT2D eigenvalue weighted by Gasteiger charge is 2.30. The standard InChI is InChI=1S/C23H27Cl2N3O4/c1-3-5-12-26-23(30)20(4-2)27(15-16-10-11-18(24)19(25)13-16)22(29)14-17-8-6-7-9-21(17)28(31)32/h6-11,13,20H,3-5,12,14-15H2,1-2H3,(H,26,30)/t20-/m0/s1. The largest absolute Gasteiger partial charge is 0.354 e. The Morgan fingerprint density at radius 2 is 1.84 bits per heavy atom. The van der Waals surface area contributed by atoms with Crippen molar-refractivity contribution in [2.75, 3.05) is 6.54 Å². The molecule has 0 aliphatic rings. The molecule has 32 heavy (non-hydrogen) atoms. The lowest BCUT2D eigenvalue weighted by Crippen LogP contribution is -2.49. The fraction of sp³-hybridized carbons (Fsp3) is 0.391. The van der Waals surface area contributed by atoms with E-state index in [0.29, 0.717) is 34.1 Å². The number of hydrogen-bond acceptors (Lipinski definition) is 4. The van der Waals surface area contributed by atoms with Crippen LogP contribution >= 0.6 is 23.2 Å². The topological polar surface area (TPSA) is 92.6 Å².